The van der Waals surface area contributed by atoms with E-state index < -0.39 is 5.56 Å². The summed E-state index contributed by atoms with van der Waals surface area (Å²) in [6, 6.07) is 16.1. The van der Waals surface area contributed by atoms with Crippen molar-refractivity contribution in [2.45, 2.75) is 13.5 Å². The van der Waals surface area contributed by atoms with E-state index in [9.17, 15) is 14.4 Å². The molecule has 1 fully saturated rings. The third-order valence-electron chi connectivity index (χ3n) is 6.18. The van der Waals surface area contributed by atoms with Crippen LogP contribution in [0.3, 0.4) is 0 Å². The molecule has 0 unspecified atom stereocenters. The minimum Gasteiger partial charge on any atom is -0.365 e. The fourth-order valence-corrected chi connectivity index (χ4v) is 4.55. The van der Waals surface area contributed by atoms with Crippen molar-refractivity contribution >= 4 is 34.0 Å². The fourth-order valence-electron chi connectivity index (χ4n) is 4.31. The zero-order valence-electron chi connectivity index (χ0n) is 19.1. The standard InChI is InChI=1S/C25H23ClN6O3/c1-2-31-23(33)19-11-7-6-10-18(19)22(28-31)25(35)30-14-12-29(13-15-30)20-16-27-32(24(34)21(20)26)17-8-4-3-5-9-17/h3-11,16H,2,12-15H2,1H3. The average molecular weight is 491 g/mol. The number of aryl methyl sites for hydroxylation is 1. The minimum absolute atomic E-state index is 0.0892. The number of hydrogen-bond donors (Lipinski definition) is 0. The zero-order chi connectivity index (χ0) is 24.5. The van der Waals surface area contributed by atoms with E-state index >= 15 is 0 Å². The summed E-state index contributed by atoms with van der Waals surface area (Å²) in [5, 5.41) is 9.77. The summed E-state index contributed by atoms with van der Waals surface area (Å²) in [6.45, 7) is 3.98. The van der Waals surface area contributed by atoms with Gasteiger partial charge in [-0.05, 0) is 25.1 Å². The number of benzene rings is 2. The molecule has 10 heteroatoms. The van der Waals surface area contributed by atoms with E-state index in [1.165, 1.54) is 9.36 Å². The number of aromatic nitrogens is 4. The van der Waals surface area contributed by atoms with Crippen LogP contribution in [0.4, 0.5) is 5.69 Å². The van der Waals surface area contributed by atoms with Crippen LogP contribution >= 0.6 is 11.6 Å². The summed E-state index contributed by atoms with van der Waals surface area (Å²) in [5.74, 6) is -0.230. The predicted molar refractivity (Wildman–Crippen MR) is 135 cm³/mol. The van der Waals surface area contributed by atoms with Gasteiger partial charge in [0.05, 0.1) is 23.0 Å². The predicted octanol–water partition coefficient (Wildman–Crippen LogP) is 2.58. The van der Waals surface area contributed by atoms with Gasteiger partial charge < -0.3 is 9.80 Å². The van der Waals surface area contributed by atoms with Crippen LogP contribution in [0.25, 0.3) is 16.5 Å². The lowest BCUT2D eigenvalue weighted by Crippen LogP contribution is -2.49. The van der Waals surface area contributed by atoms with Crippen molar-refractivity contribution in [2.75, 3.05) is 31.1 Å². The molecule has 0 bridgehead atoms. The van der Waals surface area contributed by atoms with E-state index in [1.54, 1.807) is 47.5 Å². The molecular weight excluding hydrogens is 468 g/mol. The second-order valence-corrected chi connectivity index (χ2v) is 8.57. The lowest BCUT2D eigenvalue weighted by Gasteiger charge is -2.36. The van der Waals surface area contributed by atoms with Crippen LogP contribution in [-0.2, 0) is 6.54 Å². The third-order valence-corrected chi connectivity index (χ3v) is 6.53. The summed E-state index contributed by atoms with van der Waals surface area (Å²) in [4.78, 5) is 42.5. The van der Waals surface area contributed by atoms with Gasteiger partial charge in [0.25, 0.3) is 17.0 Å². The molecule has 178 valence electrons. The summed E-state index contributed by atoms with van der Waals surface area (Å²) in [5.41, 5.74) is 0.831. The Labute approximate surface area is 205 Å². The first kappa shape index (κ1) is 22.8. The number of piperazine rings is 1. The number of anilines is 1. The first-order chi connectivity index (χ1) is 17.0. The van der Waals surface area contributed by atoms with E-state index in [0.29, 0.717) is 54.9 Å². The minimum atomic E-state index is -0.397. The lowest BCUT2D eigenvalue weighted by atomic mass is 10.1. The number of amides is 1. The van der Waals surface area contributed by atoms with Crippen LogP contribution < -0.4 is 16.0 Å². The lowest BCUT2D eigenvalue weighted by molar-refractivity contribution is 0.0740. The molecule has 0 saturated carbocycles. The number of carbonyl (C=O) groups excluding carboxylic acids is 1. The van der Waals surface area contributed by atoms with E-state index in [0.717, 1.165) is 0 Å². The van der Waals surface area contributed by atoms with Crippen LogP contribution in [0.5, 0.6) is 0 Å². The van der Waals surface area contributed by atoms with Crippen LogP contribution in [0, 0.1) is 0 Å². The van der Waals surface area contributed by atoms with Gasteiger partial charge in [0, 0.05) is 38.1 Å². The van der Waals surface area contributed by atoms with Gasteiger partial charge in [0.1, 0.15) is 5.02 Å². The van der Waals surface area contributed by atoms with Gasteiger partial charge in [0.15, 0.2) is 5.69 Å². The first-order valence-corrected chi connectivity index (χ1v) is 11.7. The molecule has 1 saturated heterocycles. The molecule has 3 heterocycles. The normalized spacial score (nSPS) is 13.9. The Morgan fingerprint density at radius 1 is 0.914 bits per heavy atom. The first-order valence-electron chi connectivity index (χ1n) is 11.4. The van der Waals surface area contributed by atoms with Crippen molar-refractivity contribution in [3.8, 4) is 5.69 Å². The van der Waals surface area contributed by atoms with Crippen LogP contribution in [-0.4, -0.2) is 56.5 Å². The Hall–Kier alpha value is -3.98. The molecule has 35 heavy (non-hydrogen) atoms. The molecule has 2 aromatic carbocycles. The highest BCUT2D eigenvalue weighted by molar-refractivity contribution is 6.33. The molecule has 1 aliphatic rings. The van der Waals surface area contributed by atoms with Crippen molar-refractivity contribution < 1.29 is 4.79 Å². The maximum atomic E-state index is 13.4. The number of rotatable bonds is 4. The highest BCUT2D eigenvalue weighted by atomic mass is 35.5. The maximum Gasteiger partial charge on any atom is 0.292 e. The number of halogens is 1. The van der Waals surface area contributed by atoms with Gasteiger partial charge in [-0.2, -0.15) is 14.9 Å². The number of para-hydroxylation sites is 1. The monoisotopic (exact) mass is 490 g/mol. The molecule has 2 aromatic heterocycles. The van der Waals surface area contributed by atoms with Crippen molar-refractivity contribution in [3.05, 3.63) is 92.2 Å². The molecular formula is C25H23ClN6O3. The topological polar surface area (TPSA) is 93.3 Å². The molecule has 0 aliphatic carbocycles. The largest absolute Gasteiger partial charge is 0.365 e. The van der Waals surface area contributed by atoms with Gasteiger partial charge in [-0.25, -0.2) is 4.68 Å². The smallest absolute Gasteiger partial charge is 0.292 e. The van der Waals surface area contributed by atoms with Crippen molar-refractivity contribution in [2.24, 2.45) is 0 Å². The van der Waals surface area contributed by atoms with Gasteiger partial charge >= 0.3 is 0 Å². The summed E-state index contributed by atoms with van der Waals surface area (Å²) in [7, 11) is 0. The maximum absolute atomic E-state index is 13.4. The summed E-state index contributed by atoms with van der Waals surface area (Å²) < 4.78 is 2.59. The molecule has 5 rings (SSSR count). The van der Waals surface area contributed by atoms with Gasteiger partial charge in [0.2, 0.25) is 0 Å². The Bertz CT molecular complexity index is 1520. The molecule has 0 atom stereocenters. The van der Waals surface area contributed by atoms with Crippen LogP contribution in [0.15, 0.2) is 70.4 Å². The van der Waals surface area contributed by atoms with Crippen molar-refractivity contribution in [1.29, 1.82) is 0 Å². The Balaban J connectivity index is 1.38. The fraction of sp³-hybridized carbons (Fsp3) is 0.240. The summed E-state index contributed by atoms with van der Waals surface area (Å²) >= 11 is 6.45. The van der Waals surface area contributed by atoms with E-state index in [1.807, 2.05) is 30.0 Å². The number of hydrogen-bond acceptors (Lipinski definition) is 6. The second kappa shape index (κ2) is 9.34. The Morgan fingerprint density at radius 2 is 1.57 bits per heavy atom. The zero-order valence-corrected chi connectivity index (χ0v) is 19.9. The SMILES string of the molecule is CCn1nc(C(=O)N2CCN(c3cnn(-c4ccccc4)c(=O)c3Cl)CC2)c2ccccc2c1=O. The Morgan fingerprint density at radius 3 is 2.26 bits per heavy atom. The van der Waals surface area contributed by atoms with Crippen molar-refractivity contribution in [1.82, 2.24) is 24.5 Å². The number of carbonyl (C=O) groups is 1. The molecule has 1 aliphatic heterocycles. The molecule has 1 amide bonds. The average Bonchev–Trinajstić information content (AvgIpc) is 2.91. The number of nitrogens with zero attached hydrogens (tertiary/aromatic N) is 6. The van der Waals surface area contributed by atoms with Gasteiger partial charge in [-0.15, -0.1) is 0 Å². The number of fused-ring (bicyclic) bond motifs is 1. The molecule has 4 aromatic rings. The van der Waals surface area contributed by atoms with E-state index in [4.69, 9.17) is 11.6 Å². The molecule has 0 N–H and O–H groups in total. The summed E-state index contributed by atoms with van der Waals surface area (Å²) in [6.07, 6.45) is 1.58. The molecule has 0 spiro atoms. The highest BCUT2D eigenvalue weighted by Gasteiger charge is 2.27. The molecule has 0 radical (unpaired) electrons. The van der Waals surface area contributed by atoms with Crippen LogP contribution in [0.1, 0.15) is 17.4 Å². The van der Waals surface area contributed by atoms with E-state index in [-0.39, 0.29) is 22.2 Å². The van der Waals surface area contributed by atoms with Gasteiger partial charge in [-0.1, -0.05) is 48.0 Å². The van der Waals surface area contributed by atoms with Gasteiger partial charge in [-0.3, -0.25) is 14.4 Å². The quantitative estimate of drug-likeness (QED) is 0.436. The van der Waals surface area contributed by atoms with Crippen LogP contribution in [0.2, 0.25) is 5.02 Å². The van der Waals surface area contributed by atoms with Crippen molar-refractivity contribution in [3.63, 3.8) is 0 Å². The van der Waals surface area contributed by atoms with E-state index in [2.05, 4.69) is 10.2 Å². The Kier molecular flexibility index (Phi) is 6.08. The third kappa shape index (κ3) is 4.08. The second-order valence-electron chi connectivity index (χ2n) is 8.19. The molecule has 9 nitrogen and oxygen atoms in total. The highest BCUT2D eigenvalue weighted by Crippen LogP contribution is 2.24.